The SMILES string of the molecule is Cc1cc(=O)c(C(C)N)nn1-c1cccc(C(F)(F)F)c1. The van der Waals surface area contributed by atoms with Gasteiger partial charge in [-0.25, -0.2) is 4.68 Å². The lowest BCUT2D eigenvalue weighted by Crippen LogP contribution is -2.24. The molecular weight excluding hydrogens is 283 g/mol. The van der Waals surface area contributed by atoms with Crippen LogP contribution in [0.15, 0.2) is 35.1 Å². The fourth-order valence-corrected chi connectivity index (χ4v) is 1.95. The van der Waals surface area contributed by atoms with Crippen LogP contribution in [-0.2, 0) is 6.18 Å². The van der Waals surface area contributed by atoms with E-state index in [0.29, 0.717) is 5.69 Å². The maximum absolute atomic E-state index is 12.8. The number of benzene rings is 1. The highest BCUT2D eigenvalue weighted by Gasteiger charge is 2.30. The number of nitrogens with two attached hydrogens (primary N) is 1. The van der Waals surface area contributed by atoms with Gasteiger partial charge >= 0.3 is 6.18 Å². The Balaban J connectivity index is 2.62. The molecule has 0 saturated heterocycles. The first-order valence-electron chi connectivity index (χ1n) is 6.24. The summed E-state index contributed by atoms with van der Waals surface area (Å²) < 4.78 is 39.6. The van der Waals surface area contributed by atoms with Gasteiger partial charge in [-0.3, -0.25) is 4.79 Å². The van der Waals surface area contributed by atoms with Gasteiger partial charge in [-0.2, -0.15) is 18.3 Å². The maximum atomic E-state index is 12.8. The molecule has 1 heterocycles. The minimum Gasteiger partial charge on any atom is -0.323 e. The summed E-state index contributed by atoms with van der Waals surface area (Å²) in [5, 5.41) is 4.08. The average molecular weight is 297 g/mol. The summed E-state index contributed by atoms with van der Waals surface area (Å²) >= 11 is 0. The lowest BCUT2D eigenvalue weighted by molar-refractivity contribution is -0.137. The molecule has 2 rings (SSSR count). The Morgan fingerprint density at radius 3 is 2.52 bits per heavy atom. The first-order chi connectivity index (χ1) is 9.70. The molecule has 21 heavy (non-hydrogen) atoms. The first-order valence-corrected chi connectivity index (χ1v) is 6.24. The lowest BCUT2D eigenvalue weighted by atomic mass is 10.2. The first kappa shape index (κ1) is 15.2. The fraction of sp³-hybridized carbons (Fsp3) is 0.286. The zero-order chi connectivity index (χ0) is 15.8. The number of aromatic nitrogens is 2. The molecule has 0 spiro atoms. The van der Waals surface area contributed by atoms with Crippen LogP contribution in [-0.4, -0.2) is 9.78 Å². The van der Waals surface area contributed by atoms with E-state index in [0.717, 1.165) is 12.1 Å². The normalized spacial score (nSPS) is 13.2. The van der Waals surface area contributed by atoms with E-state index in [1.807, 2.05) is 0 Å². The molecule has 1 aromatic carbocycles. The monoisotopic (exact) mass is 297 g/mol. The van der Waals surface area contributed by atoms with Crippen LogP contribution >= 0.6 is 0 Å². The van der Waals surface area contributed by atoms with Crippen LogP contribution in [0.25, 0.3) is 5.69 Å². The van der Waals surface area contributed by atoms with Crippen LogP contribution in [0.2, 0.25) is 0 Å². The highest BCUT2D eigenvalue weighted by molar-refractivity contribution is 5.37. The van der Waals surface area contributed by atoms with Crippen molar-refractivity contribution < 1.29 is 13.2 Å². The van der Waals surface area contributed by atoms with Crippen molar-refractivity contribution in [2.75, 3.05) is 0 Å². The fourth-order valence-electron chi connectivity index (χ4n) is 1.95. The predicted octanol–water partition coefficient (Wildman–Crippen LogP) is 2.58. The van der Waals surface area contributed by atoms with Gasteiger partial charge in [0, 0.05) is 17.8 Å². The smallest absolute Gasteiger partial charge is 0.323 e. The van der Waals surface area contributed by atoms with Gasteiger partial charge < -0.3 is 5.73 Å². The average Bonchev–Trinajstić information content (AvgIpc) is 2.37. The second kappa shape index (κ2) is 5.33. The molecule has 0 saturated carbocycles. The van der Waals surface area contributed by atoms with Gasteiger partial charge in [0.25, 0.3) is 0 Å². The van der Waals surface area contributed by atoms with E-state index in [-0.39, 0.29) is 16.8 Å². The zero-order valence-corrected chi connectivity index (χ0v) is 11.5. The molecule has 1 unspecified atom stereocenters. The maximum Gasteiger partial charge on any atom is 0.416 e. The van der Waals surface area contributed by atoms with Crippen molar-refractivity contribution in [3.05, 3.63) is 57.5 Å². The molecule has 1 atom stereocenters. The third kappa shape index (κ3) is 3.13. The standard InChI is InChI=1S/C14H14F3N3O/c1-8-6-12(21)13(9(2)18)19-20(8)11-5-3-4-10(7-11)14(15,16)17/h3-7,9H,18H2,1-2H3. The number of hydrogen-bond acceptors (Lipinski definition) is 3. The Morgan fingerprint density at radius 2 is 1.95 bits per heavy atom. The molecule has 4 nitrogen and oxygen atoms in total. The third-order valence-corrected chi connectivity index (χ3v) is 2.98. The second-order valence-electron chi connectivity index (χ2n) is 4.78. The van der Waals surface area contributed by atoms with Crippen LogP contribution in [0.5, 0.6) is 0 Å². The summed E-state index contributed by atoms with van der Waals surface area (Å²) in [6.45, 7) is 3.19. The van der Waals surface area contributed by atoms with E-state index < -0.39 is 17.8 Å². The number of nitrogens with zero attached hydrogens (tertiary/aromatic N) is 2. The van der Waals surface area contributed by atoms with Crippen molar-refractivity contribution in [1.82, 2.24) is 9.78 Å². The minimum atomic E-state index is -4.44. The van der Waals surface area contributed by atoms with Crippen molar-refractivity contribution in [1.29, 1.82) is 0 Å². The van der Waals surface area contributed by atoms with E-state index in [4.69, 9.17) is 5.73 Å². The minimum absolute atomic E-state index is 0.109. The second-order valence-corrected chi connectivity index (χ2v) is 4.78. The largest absolute Gasteiger partial charge is 0.416 e. The van der Waals surface area contributed by atoms with Crippen molar-refractivity contribution in [3.8, 4) is 5.69 Å². The van der Waals surface area contributed by atoms with Gasteiger partial charge in [-0.15, -0.1) is 0 Å². The van der Waals surface area contributed by atoms with E-state index in [1.54, 1.807) is 13.8 Å². The molecular formula is C14H14F3N3O. The Morgan fingerprint density at radius 1 is 1.29 bits per heavy atom. The van der Waals surface area contributed by atoms with E-state index in [9.17, 15) is 18.0 Å². The molecule has 0 amide bonds. The highest BCUT2D eigenvalue weighted by Crippen LogP contribution is 2.30. The van der Waals surface area contributed by atoms with Gasteiger partial charge in [0.1, 0.15) is 5.69 Å². The Bertz CT molecular complexity index is 720. The zero-order valence-electron chi connectivity index (χ0n) is 11.5. The number of halogens is 3. The van der Waals surface area contributed by atoms with Crippen molar-refractivity contribution in [2.45, 2.75) is 26.1 Å². The van der Waals surface area contributed by atoms with E-state index in [2.05, 4.69) is 5.10 Å². The van der Waals surface area contributed by atoms with Crippen LogP contribution in [0.1, 0.15) is 29.9 Å². The highest BCUT2D eigenvalue weighted by atomic mass is 19.4. The summed E-state index contributed by atoms with van der Waals surface area (Å²) in [7, 11) is 0. The summed E-state index contributed by atoms with van der Waals surface area (Å²) in [4.78, 5) is 11.8. The van der Waals surface area contributed by atoms with Crippen LogP contribution in [0.3, 0.4) is 0 Å². The number of rotatable bonds is 2. The molecule has 0 fully saturated rings. The quantitative estimate of drug-likeness (QED) is 0.926. The van der Waals surface area contributed by atoms with E-state index in [1.165, 1.54) is 22.9 Å². The lowest BCUT2D eigenvalue weighted by Gasteiger charge is -2.14. The van der Waals surface area contributed by atoms with Gasteiger partial charge in [-0.05, 0) is 32.0 Å². The molecule has 0 radical (unpaired) electrons. The summed E-state index contributed by atoms with van der Waals surface area (Å²) in [5.74, 6) is 0. The van der Waals surface area contributed by atoms with Crippen molar-refractivity contribution in [3.63, 3.8) is 0 Å². The van der Waals surface area contributed by atoms with Crippen molar-refractivity contribution >= 4 is 0 Å². The van der Waals surface area contributed by atoms with Crippen LogP contribution in [0, 0.1) is 6.92 Å². The molecule has 0 aliphatic rings. The van der Waals surface area contributed by atoms with Gasteiger partial charge in [-0.1, -0.05) is 6.07 Å². The van der Waals surface area contributed by atoms with Gasteiger partial charge in [0.05, 0.1) is 11.3 Å². The molecule has 112 valence electrons. The Labute approximate surface area is 119 Å². The van der Waals surface area contributed by atoms with Crippen LogP contribution in [0.4, 0.5) is 13.2 Å². The molecule has 0 bridgehead atoms. The summed E-state index contributed by atoms with van der Waals surface area (Å²) in [5.41, 5.74) is 5.32. The number of alkyl halides is 3. The predicted molar refractivity (Wildman–Crippen MR) is 72.2 cm³/mol. The van der Waals surface area contributed by atoms with E-state index >= 15 is 0 Å². The van der Waals surface area contributed by atoms with Crippen molar-refractivity contribution in [2.24, 2.45) is 5.73 Å². The van der Waals surface area contributed by atoms with Gasteiger partial charge in [0.15, 0.2) is 0 Å². The summed E-state index contributed by atoms with van der Waals surface area (Å²) in [6, 6.07) is 5.46. The Hall–Kier alpha value is -2.15. The number of hydrogen-bond donors (Lipinski definition) is 1. The van der Waals surface area contributed by atoms with Gasteiger partial charge in [0.2, 0.25) is 5.43 Å². The molecule has 0 aliphatic carbocycles. The third-order valence-electron chi connectivity index (χ3n) is 2.98. The molecule has 0 aliphatic heterocycles. The summed E-state index contributed by atoms with van der Waals surface area (Å²) in [6.07, 6.45) is -4.44. The topological polar surface area (TPSA) is 60.9 Å². The molecule has 1 aromatic heterocycles. The Kier molecular flexibility index (Phi) is 3.87. The van der Waals surface area contributed by atoms with Crippen LogP contribution < -0.4 is 11.2 Å². The molecule has 2 aromatic rings. The molecule has 2 N–H and O–H groups in total. The molecule has 7 heteroatoms. The number of aryl methyl sites for hydroxylation is 1.